The maximum absolute atomic E-state index is 13.4. The number of esters is 1. The number of carbonyl (C=O) groups excluding carboxylic acids is 2. The second-order valence-electron chi connectivity index (χ2n) is 9.39. The standard InChI is InChI=1S/C26H33N7O5S/c1-16-11-17(2)23(18(3)12-16)39(36,37)33-22(25(35)38-10-4-7-27-26-28-8-9-29-26)15-30-24(34)19-5-6-21-20(13-19)14-31-32-21/h5-6,11-14,22,33H,4,7-10,15H2,1-3H3,(H,30,34)(H,31,32)(H2,27,28,29). The lowest BCUT2D eigenvalue weighted by Gasteiger charge is -2.20. The van der Waals surface area contributed by atoms with Crippen LogP contribution in [0, 0.1) is 20.8 Å². The summed E-state index contributed by atoms with van der Waals surface area (Å²) < 4.78 is 34.6. The van der Waals surface area contributed by atoms with Gasteiger partial charge in [-0.15, -0.1) is 0 Å². The van der Waals surface area contributed by atoms with Crippen molar-refractivity contribution < 1.29 is 22.7 Å². The number of benzene rings is 2. The number of rotatable bonds is 11. The van der Waals surface area contributed by atoms with Crippen LogP contribution in [-0.2, 0) is 19.6 Å². The van der Waals surface area contributed by atoms with Gasteiger partial charge in [0.2, 0.25) is 10.0 Å². The Morgan fingerprint density at radius 2 is 1.90 bits per heavy atom. The molecule has 0 radical (unpaired) electrons. The fraction of sp³-hybridized carbons (Fsp3) is 0.385. The van der Waals surface area contributed by atoms with E-state index in [0.717, 1.165) is 23.0 Å². The van der Waals surface area contributed by atoms with Gasteiger partial charge in [0.05, 0.1) is 29.8 Å². The predicted octanol–water partition coefficient (Wildman–Crippen LogP) is 1.05. The monoisotopic (exact) mass is 555 g/mol. The molecule has 0 saturated carbocycles. The third-order valence-corrected chi connectivity index (χ3v) is 7.93. The van der Waals surface area contributed by atoms with Crippen molar-refractivity contribution in [3.63, 3.8) is 0 Å². The van der Waals surface area contributed by atoms with Gasteiger partial charge in [-0.25, -0.2) is 8.42 Å². The van der Waals surface area contributed by atoms with E-state index in [0.29, 0.717) is 42.2 Å². The van der Waals surface area contributed by atoms with Crippen molar-refractivity contribution in [3.05, 3.63) is 58.8 Å². The largest absolute Gasteiger partial charge is 0.464 e. The number of sulfonamides is 1. The minimum absolute atomic E-state index is 0.0605. The Hall–Kier alpha value is -3.97. The quantitative estimate of drug-likeness (QED) is 0.173. The van der Waals surface area contributed by atoms with E-state index in [-0.39, 0.29) is 18.0 Å². The molecule has 5 N–H and O–H groups in total. The molecular weight excluding hydrogens is 522 g/mol. The van der Waals surface area contributed by atoms with Crippen molar-refractivity contribution in [2.24, 2.45) is 4.99 Å². The predicted molar refractivity (Wildman–Crippen MR) is 147 cm³/mol. The number of aromatic amines is 1. The van der Waals surface area contributed by atoms with Crippen molar-refractivity contribution in [1.29, 1.82) is 0 Å². The molecule has 0 saturated heterocycles. The summed E-state index contributed by atoms with van der Waals surface area (Å²) in [4.78, 5) is 30.2. The van der Waals surface area contributed by atoms with E-state index in [2.05, 4.69) is 35.9 Å². The second-order valence-corrected chi connectivity index (χ2v) is 11.0. The van der Waals surface area contributed by atoms with E-state index in [9.17, 15) is 18.0 Å². The third-order valence-electron chi connectivity index (χ3n) is 6.16. The number of aryl methyl sites for hydroxylation is 3. The van der Waals surface area contributed by atoms with E-state index in [4.69, 9.17) is 4.74 Å². The fourth-order valence-electron chi connectivity index (χ4n) is 4.46. The van der Waals surface area contributed by atoms with Gasteiger partial charge in [0.15, 0.2) is 5.96 Å². The molecule has 1 atom stereocenters. The highest BCUT2D eigenvalue weighted by atomic mass is 32.2. The van der Waals surface area contributed by atoms with Gasteiger partial charge < -0.3 is 20.7 Å². The van der Waals surface area contributed by atoms with Crippen molar-refractivity contribution in [3.8, 4) is 0 Å². The molecular formula is C26H33N7O5S. The number of guanidine groups is 1. The van der Waals surface area contributed by atoms with Gasteiger partial charge in [-0.05, 0) is 56.5 Å². The molecule has 1 aromatic heterocycles. The number of aromatic nitrogens is 2. The Morgan fingerprint density at radius 1 is 1.13 bits per heavy atom. The minimum atomic E-state index is -4.11. The molecule has 13 heteroatoms. The molecule has 2 heterocycles. The van der Waals surface area contributed by atoms with Crippen LogP contribution in [0.5, 0.6) is 0 Å². The lowest BCUT2D eigenvalue weighted by molar-refractivity contribution is -0.145. The van der Waals surface area contributed by atoms with Crippen molar-refractivity contribution in [2.45, 2.75) is 38.1 Å². The first-order valence-corrected chi connectivity index (χ1v) is 14.1. The number of nitrogens with zero attached hydrogens (tertiary/aromatic N) is 2. The number of hydrogen-bond acceptors (Lipinski definition) is 9. The Bertz CT molecular complexity index is 1480. The van der Waals surface area contributed by atoms with Crippen LogP contribution in [0.4, 0.5) is 0 Å². The molecule has 39 heavy (non-hydrogen) atoms. The zero-order chi connectivity index (χ0) is 28.0. The van der Waals surface area contributed by atoms with Crippen molar-refractivity contribution in [2.75, 3.05) is 32.8 Å². The number of aliphatic imine (C=N–C) groups is 1. The van der Waals surface area contributed by atoms with Crippen LogP contribution in [0.1, 0.15) is 33.5 Å². The second kappa shape index (κ2) is 12.3. The van der Waals surface area contributed by atoms with Crippen LogP contribution < -0.4 is 20.7 Å². The zero-order valence-corrected chi connectivity index (χ0v) is 22.9. The molecule has 1 unspecified atom stereocenters. The molecule has 0 aliphatic carbocycles. The normalized spacial score (nSPS) is 14.0. The van der Waals surface area contributed by atoms with Gasteiger partial charge in [0, 0.05) is 30.6 Å². The van der Waals surface area contributed by atoms with Crippen LogP contribution in [0.25, 0.3) is 10.9 Å². The number of amides is 1. The molecule has 1 aliphatic heterocycles. The fourth-order valence-corrected chi connectivity index (χ4v) is 6.10. The van der Waals surface area contributed by atoms with E-state index >= 15 is 0 Å². The smallest absolute Gasteiger partial charge is 0.326 e. The number of H-pyrrole nitrogens is 1. The maximum atomic E-state index is 13.4. The first-order chi connectivity index (χ1) is 18.6. The molecule has 2 aromatic carbocycles. The summed E-state index contributed by atoms with van der Waals surface area (Å²) in [6.45, 7) is 7.04. The van der Waals surface area contributed by atoms with Gasteiger partial charge in [0.25, 0.3) is 5.91 Å². The molecule has 0 bridgehead atoms. The molecule has 1 aliphatic rings. The lowest BCUT2D eigenvalue weighted by Crippen LogP contribution is -2.49. The number of ether oxygens (including phenoxy) is 1. The van der Waals surface area contributed by atoms with Crippen LogP contribution in [0.3, 0.4) is 0 Å². The zero-order valence-electron chi connectivity index (χ0n) is 22.1. The molecule has 0 spiro atoms. The summed E-state index contributed by atoms with van der Waals surface area (Å²) in [7, 11) is -4.11. The summed E-state index contributed by atoms with van der Waals surface area (Å²) in [6.07, 6.45) is 2.08. The Morgan fingerprint density at radius 3 is 2.62 bits per heavy atom. The van der Waals surface area contributed by atoms with Gasteiger partial charge in [-0.3, -0.25) is 19.7 Å². The van der Waals surface area contributed by atoms with Crippen molar-refractivity contribution in [1.82, 2.24) is 30.9 Å². The highest BCUT2D eigenvalue weighted by Crippen LogP contribution is 2.22. The van der Waals surface area contributed by atoms with E-state index in [1.807, 2.05) is 6.92 Å². The van der Waals surface area contributed by atoms with Crippen molar-refractivity contribution >= 4 is 38.8 Å². The average Bonchev–Trinajstić information content (AvgIpc) is 3.56. The molecule has 0 fully saturated rings. The third kappa shape index (κ3) is 7.12. The Labute approximate surface area is 227 Å². The van der Waals surface area contributed by atoms with Crippen LogP contribution in [0.2, 0.25) is 0 Å². The molecule has 1 amide bonds. The van der Waals surface area contributed by atoms with Crippen LogP contribution >= 0.6 is 0 Å². The maximum Gasteiger partial charge on any atom is 0.326 e. The summed E-state index contributed by atoms with van der Waals surface area (Å²) in [5, 5.41) is 16.3. The highest BCUT2D eigenvalue weighted by Gasteiger charge is 2.29. The summed E-state index contributed by atoms with van der Waals surface area (Å²) >= 11 is 0. The number of carbonyl (C=O) groups is 2. The van der Waals surface area contributed by atoms with Gasteiger partial charge >= 0.3 is 5.97 Å². The summed E-state index contributed by atoms with van der Waals surface area (Å²) in [6, 6.07) is 7.17. The average molecular weight is 556 g/mol. The SMILES string of the molecule is Cc1cc(C)c(S(=O)(=O)NC(CNC(=O)c2ccc3[nH]ncc3c2)C(=O)OCCCNC2=NCCN2)c(C)c1. The lowest BCUT2D eigenvalue weighted by atomic mass is 10.1. The summed E-state index contributed by atoms with van der Waals surface area (Å²) in [5.74, 6) is -0.554. The molecule has 12 nitrogen and oxygen atoms in total. The van der Waals surface area contributed by atoms with E-state index in [1.54, 1.807) is 50.4 Å². The van der Waals surface area contributed by atoms with E-state index < -0.39 is 27.9 Å². The molecule has 208 valence electrons. The van der Waals surface area contributed by atoms with Crippen LogP contribution in [-0.4, -0.2) is 75.3 Å². The number of hydrogen-bond donors (Lipinski definition) is 5. The number of nitrogens with one attached hydrogen (secondary N) is 5. The minimum Gasteiger partial charge on any atom is -0.464 e. The Kier molecular flexibility index (Phi) is 8.82. The summed E-state index contributed by atoms with van der Waals surface area (Å²) in [5.41, 5.74) is 3.15. The van der Waals surface area contributed by atoms with Gasteiger partial charge in [-0.1, -0.05) is 17.7 Å². The van der Waals surface area contributed by atoms with Crippen LogP contribution in [0.15, 0.2) is 46.4 Å². The number of fused-ring (bicyclic) bond motifs is 1. The highest BCUT2D eigenvalue weighted by molar-refractivity contribution is 7.89. The first-order valence-electron chi connectivity index (χ1n) is 12.6. The van der Waals surface area contributed by atoms with E-state index in [1.165, 1.54) is 0 Å². The molecule has 4 rings (SSSR count). The first kappa shape index (κ1) is 28.0. The van der Waals surface area contributed by atoms with Gasteiger partial charge in [0.1, 0.15) is 6.04 Å². The Balaban J connectivity index is 1.44. The molecule has 3 aromatic rings. The van der Waals surface area contributed by atoms with Gasteiger partial charge in [-0.2, -0.15) is 9.82 Å². The topological polar surface area (TPSA) is 167 Å².